The van der Waals surface area contributed by atoms with Gasteiger partial charge in [-0.3, -0.25) is 9.58 Å². The predicted molar refractivity (Wildman–Crippen MR) is 125 cm³/mol. The number of fused-ring (bicyclic) bond motifs is 1. The van der Waals surface area contributed by atoms with E-state index in [4.69, 9.17) is 9.84 Å². The Morgan fingerprint density at radius 3 is 2.56 bits per heavy atom. The van der Waals surface area contributed by atoms with E-state index in [0.717, 1.165) is 22.5 Å². The smallest absolute Gasteiger partial charge is 0.337 e. The molecule has 5 rings (SSSR count). The molecule has 1 aliphatic rings. The van der Waals surface area contributed by atoms with Crippen LogP contribution in [0.2, 0.25) is 0 Å². The van der Waals surface area contributed by atoms with Gasteiger partial charge in [-0.05, 0) is 54.6 Å². The van der Waals surface area contributed by atoms with Crippen LogP contribution in [0, 0.1) is 11.6 Å². The standard InChI is InChI=1S/C27H23F2N3O2/c1-31-15-22-25(16-31)30-32(26(22)20-8-3-4-9-23(20)28)14-17-10-11-24(29)21(12-17)18-6-5-7-19(13-18)27(33)34-2/h3-13H,14-16H2,1-2H3. The lowest BCUT2D eigenvalue weighted by atomic mass is 10.00. The quantitative estimate of drug-likeness (QED) is 0.381. The van der Waals surface area contributed by atoms with Crippen molar-refractivity contribution in [3.63, 3.8) is 0 Å². The number of hydrogen-bond donors (Lipinski definition) is 0. The number of benzene rings is 3. The summed E-state index contributed by atoms with van der Waals surface area (Å²) in [4.78, 5) is 14.1. The summed E-state index contributed by atoms with van der Waals surface area (Å²) < 4.78 is 36.1. The summed E-state index contributed by atoms with van der Waals surface area (Å²) in [6.45, 7) is 1.73. The average Bonchev–Trinajstić information content (AvgIpc) is 3.35. The van der Waals surface area contributed by atoms with E-state index in [0.29, 0.717) is 41.9 Å². The van der Waals surface area contributed by atoms with Gasteiger partial charge in [-0.15, -0.1) is 0 Å². The Hall–Kier alpha value is -3.84. The molecule has 0 bridgehead atoms. The Bertz CT molecular complexity index is 1400. The third kappa shape index (κ3) is 3.99. The molecule has 1 aliphatic heterocycles. The van der Waals surface area contributed by atoms with E-state index in [1.54, 1.807) is 53.2 Å². The molecule has 1 aromatic heterocycles. The van der Waals surface area contributed by atoms with Crippen LogP contribution >= 0.6 is 0 Å². The van der Waals surface area contributed by atoms with Crippen molar-refractivity contribution in [2.45, 2.75) is 19.6 Å². The Labute approximate surface area is 196 Å². The van der Waals surface area contributed by atoms with Crippen molar-refractivity contribution in [2.75, 3.05) is 14.2 Å². The number of carbonyl (C=O) groups is 1. The fraction of sp³-hybridized carbons (Fsp3) is 0.185. The molecule has 2 heterocycles. The summed E-state index contributed by atoms with van der Waals surface area (Å²) in [5.74, 6) is -1.19. The van der Waals surface area contributed by atoms with Gasteiger partial charge in [0.05, 0.1) is 30.6 Å². The minimum Gasteiger partial charge on any atom is -0.465 e. The van der Waals surface area contributed by atoms with E-state index < -0.39 is 11.8 Å². The molecule has 0 saturated carbocycles. The zero-order valence-electron chi connectivity index (χ0n) is 18.9. The molecule has 3 aromatic carbocycles. The van der Waals surface area contributed by atoms with Crippen LogP contribution in [0.3, 0.4) is 0 Å². The van der Waals surface area contributed by atoms with E-state index in [9.17, 15) is 13.6 Å². The number of ether oxygens (including phenoxy) is 1. The maximum absolute atomic E-state index is 14.8. The largest absolute Gasteiger partial charge is 0.465 e. The molecule has 172 valence electrons. The number of esters is 1. The van der Waals surface area contributed by atoms with Gasteiger partial charge in [0.2, 0.25) is 0 Å². The van der Waals surface area contributed by atoms with Gasteiger partial charge in [-0.2, -0.15) is 5.10 Å². The Kier molecular flexibility index (Phi) is 5.71. The van der Waals surface area contributed by atoms with Crippen molar-refractivity contribution < 1.29 is 18.3 Å². The van der Waals surface area contributed by atoms with Crippen LogP contribution in [0.1, 0.15) is 27.2 Å². The highest BCUT2D eigenvalue weighted by Crippen LogP contribution is 2.34. The highest BCUT2D eigenvalue weighted by molar-refractivity contribution is 5.91. The van der Waals surface area contributed by atoms with Crippen LogP contribution in [0.5, 0.6) is 0 Å². The molecular formula is C27H23F2N3O2. The Balaban J connectivity index is 1.55. The van der Waals surface area contributed by atoms with Crippen LogP contribution in [0.15, 0.2) is 66.7 Å². The molecule has 7 heteroatoms. The Morgan fingerprint density at radius 2 is 1.76 bits per heavy atom. The van der Waals surface area contributed by atoms with E-state index in [1.807, 2.05) is 13.1 Å². The van der Waals surface area contributed by atoms with Crippen LogP contribution in [0.4, 0.5) is 8.78 Å². The van der Waals surface area contributed by atoms with Gasteiger partial charge in [0.15, 0.2) is 0 Å². The molecule has 0 saturated heterocycles. The van der Waals surface area contributed by atoms with Gasteiger partial charge < -0.3 is 4.74 Å². The zero-order chi connectivity index (χ0) is 23.8. The first kappa shape index (κ1) is 22.0. The first-order valence-electron chi connectivity index (χ1n) is 10.9. The highest BCUT2D eigenvalue weighted by Gasteiger charge is 2.27. The molecule has 5 nitrogen and oxygen atoms in total. The fourth-order valence-electron chi connectivity index (χ4n) is 4.49. The number of aromatic nitrogens is 2. The molecule has 0 fully saturated rings. The number of nitrogens with zero attached hydrogens (tertiary/aromatic N) is 3. The average molecular weight is 459 g/mol. The fourth-order valence-corrected chi connectivity index (χ4v) is 4.49. The van der Waals surface area contributed by atoms with E-state index in [1.165, 1.54) is 19.2 Å². The monoisotopic (exact) mass is 459 g/mol. The lowest BCUT2D eigenvalue weighted by Gasteiger charge is -2.14. The number of hydrogen-bond acceptors (Lipinski definition) is 4. The minimum absolute atomic E-state index is 0.305. The van der Waals surface area contributed by atoms with Crippen LogP contribution < -0.4 is 0 Å². The normalized spacial score (nSPS) is 13.2. The molecule has 34 heavy (non-hydrogen) atoms. The Morgan fingerprint density at radius 1 is 0.971 bits per heavy atom. The van der Waals surface area contributed by atoms with Crippen LogP contribution in [0.25, 0.3) is 22.4 Å². The van der Waals surface area contributed by atoms with E-state index in [2.05, 4.69) is 4.90 Å². The number of carbonyl (C=O) groups excluding carboxylic acids is 1. The number of halogens is 2. The van der Waals surface area contributed by atoms with Crippen LogP contribution in [-0.2, 0) is 24.4 Å². The summed E-state index contributed by atoms with van der Waals surface area (Å²) in [6, 6.07) is 18.2. The summed E-state index contributed by atoms with van der Waals surface area (Å²) in [5.41, 5.74) is 5.28. The van der Waals surface area contributed by atoms with Gasteiger partial charge >= 0.3 is 5.97 Å². The molecule has 0 N–H and O–H groups in total. The van der Waals surface area contributed by atoms with Crippen molar-refractivity contribution in [1.29, 1.82) is 0 Å². The number of rotatable bonds is 5. The summed E-state index contributed by atoms with van der Waals surface area (Å²) in [7, 11) is 3.31. The third-order valence-electron chi connectivity index (χ3n) is 6.07. The first-order valence-corrected chi connectivity index (χ1v) is 10.9. The second-order valence-electron chi connectivity index (χ2n) is 8.47. The van der Waals surface area contributed by atoms with E-state index >= 15 is 0 Å². The van der Waals surface area contributed by atoms with Gasteiger partial charge in [-0.1, -0.05) is 30.3 Å². The van der Waals surface area contributed by atoms with Gasteiger partial charge in [0.25, 0.3) is 0 Å². The summed E-state index contributed by atoms with van der Waals surface area (Å²) >= 11 is 0. The zero-order valence-corrected chi connectivity index (χ0v) is 18.9. The van der Waals surface area contributed by atoms with Crippen molar-refractivity contribution in [2.24, 2.45) is 0 Å². The minimum atomic E-state index is -0.482. The molecule has 0 aliphatic carbocycles. The van der Waals surface area contributed by atoms with Crippen molar-refractivity contribution in [3.8, 4) is 22.4 Å². The number of methoxy groups -OCH3 is 1. The second-order valence-corrected chi connectivity index (χ2v) is 8.47. The molecule has 4 aromatic rings. The maximum Gasteiger partial charge on any atom is 0.337 e. The van der Waals surface area contributed by atoms with Crippen molar-refractivity contribution in [1.82, 2.24) is 14.7 Å². The SMILES string of the molecule is COC(=O)c1cccc(-c2cc(Cn3nc4c(c3-c3ccccc3F)CN(C)C4)ccc2F)c1. The van der Waals surface area contributed by atoms with Gasteiger partial charge in [0, 0.05) is 29.8 Å². The third-order valence-corrected chi connectivity index (χ3v) is 6.07. The van der Waals surface area contributed by atoms with Crippen LogP contribution in [-0.4, -0.2) is 34.8 Å². The molecule has 0 radical (unpaired) electrons. The lowest BCUT2D eigenvalue weighted by molar-refractivity contribution is 0.0600. The highest BCUT2D eigenvalue weighted by atomic mass is 19.1. The topological polar surface area (TPSA) is 47.4 Å². The lowest BCUT2D eigenvalue weighted by Crippen LogP contribution is -2.13. The van der Waals surface area contributed by atoms with E-state index in [-0.39, 0.29) is 5.82 Å². The molecule has 0 spiro atoms. The van der Waals surface area contributed by atoms with Crippen molar-refractivity contribution >= 4 is 5.97 Å². The first-order chi connectivity index (χ1) is 16.4. The molecular weight excluding hydrogens is 436 g/mol. The second kappa shape index (κ2) is 8.83. The van der Waals surface area contributed by atoms with Crippen molar-refractivity contribution in [3.05, 3.63) is 101 Å². The predicted octanol–water partition coefficient (Wildman–Crippen LogP) is 5.28. The molecule has 0 atom stereocenters. The molecule has 0 amide bonds. The van der Waals surface area contributed by atoms with Gasteiger partial charge in [-0.25, -0.2) is 13.6 Å². The maximum atomic E-state index is 14.8. The molecule has 0 unspecified atom stereocenters. The summed E-state index contributed by atoms with van der Waals surface area (Å²) in [5, 5.41) is 4.78. The summed E-state index contributed by atoms with van der Waals surface area (Å²) in [6.07, 6.45) is 0. The van der Waals surface area contributed by atoms with Gasteiger partial charge in [0.1, 0.15) is 11.6 Å².